The predicted molar refractivity (Wildman–Crippen MR) is 55.9 cm³/mol. The number of piperidine rings is 1. The molecule has 3 nitrogen and oxygen atoms in total. The Morgan fingerprint density at radius 3 is 2.29 bits per heavy atom. The Morgan fingerprint density at radius 1 is 1.36 bits per heavy atom. The Hall–Kier alpha value is -0.830. The van der Waals surface area contributed by atoms with Gasteiger partial charge in [0.05, 0.1) is 5.60 Å². The van der Waals surface area contributed by atoms with E-state index in [-0.39, 0.29) is 5.91 Å². The lowest BCUT2D eigenvalue weighted by atomic mass is 9.94. The number of likely N-dealkylation sites (tertiary alicyclic amines) is 1. The van der Waals surface area contributed by atoms with Crippen LogP contribution in [0.1, 0.15) is 33.6 Å². The molecule has 1 fully saturated rings. The van der Waals surface area contributed by atoms with Crippen LogP contribution in [0.5, 0.6) is 0 Å². The van der Waals surface area contributed by atoms with Gasteiger partial charge in [0.1, 0.15) is 0 Å². The van der Waals surface area contributed by atoms with E-state index in [4.69, 9.17) is 0 Å². The molecule has 0 aromatic carbocycles. The minimum Gasteiger partial charge on any atom is -0.390 e. The lowest BCUT2D eigenvalue weighted by Crippen LogP contribution is -2.44. The van der Waals surface area contributed by atoms with Crippen molar-refractivity contribution in [1.29, 1.82) is 0 Å². The van der Waals surface area contributed by atoms with Crippen LogP contribution in [0.3, 0.4) is 0 Å². The number of amides is 1. The molecule has 0 aromatic rings. The van der Waals surface area contributed by atoms with Crippen LogP contribution in [-0.2, 0) is 4.79 Å². The summed E-state index contributed by atoms with van der Waals surface area (Å²) in [6.45, 7) is 6.98. The number of rotatable bonds is 1. The third kappa shape index (κ3) is 3.14. The average Bonchev–Trinajstić information content (AvgIpc) is 2.02. The molecular formula is C11H19NO2. The van der Waals surface area contributed by atoms with E-state index < -0.39 is 5.60 Å². The molecule has 1 N–H and O–H groups in total. The second-order valence-corrected chi connectivity index (χ2v) is 4.54. The summed E-state index contributed by atoms with van der Waals surface area (Å²) in [4.78, 5) is 13.4. The third-order valence-electron chi connectivity index (χ3n) is 2.56. The van der Waals surface area contributed by atoms with Gasteiger partial charge >= 0.3 is 0 Å². The van der Waals surface area contributed by atoms with Gasteiger partial charge in [-0.15, -0.1) is 0 Å². The maximum Gasteiger partial charge on any atom is 0.246 e. The highest BCUT2D eigenvalue weighted by molar-refractivity contribution is 5.88. The highest BCUT2D eigenvalue weighted by atomic mass is 16.3. The Labute approximate surface area is 85.4 Å². The summed E-state index contributed by atoms with van der Waals surface area (Å²) in [6, 6.07) is 0. The molecule has 14 heavy (non-hydrogen) atoms. The van der Waals surface area contributed by atoms with Crippen molar-refractivity contribution in [2.75, 3.05) is 13.1 Å². The van der Waals surface area contributed by atoms with Gasteiger partial charge in [-0.2, -0.15) is 0 Å². The van der Waals surface area contributed by atoms with Gasteiger partial charge in [-0.25, -0.2) is 0 Å². The lowest BCUT2D eigenvalue weighted by molar-refractivity contribution is -0.129. The van der Waals surface area contributed by atoms with Crippen LogP contribution in [0.2, 0.25) is 0 Å². The second kappa shape index (κ2) is 4.13. The second-order valence-electron chi connectivity index (χ2n) is 4.54. The smallest absolute Gasteiger partial charge is 0.246 e. The Morgan fingerprint density at radius 2 is 1.86 bits per heavy atom. The first-order valence-electron chi connectivity index (χ1n) is 5.07. The van der Waals surface area contributed by atoms with Crippen molar-refractivity contribution in [3.8, 4) is 0 Å². The summed E-state index contributed by atoms with van der Waals surface area (Å²) in [6.07, 6.45) is 3.00. The molecule has 0 radical (unpaired) electrons. The SMILES string of the molecule is CC(C)=CC(=O)N1CCC(C)(O)CC1. The molecule has 80 valence electrons. The first kappa shape index (κ1) is 11.2. The first-order valence-corrected chi connectivity index (χ1v) is 5.07. The van der Waals surface area contributed by atoms with Crippen molar-refractivity contribution in [2.45, 2.75) is 39.2 Å². The van der Waals surface area contributed by atoms with Gasteiger partial charge in [0.15, 0.2) is 0 Å². The number of nitrogens with zero attached hydrogens (tertiary/aromatic N) is 1. The minimum atomic E-state index is -0.582. The molecule has 1 saturated heterocycles. The van der Waals surface area contributed by atoms with Gasteiger partial charge in [0, 0.05) is 19.2 Å². The van der Waals surface area contributed by atoms with E-state index in [0.717, 1.165) is 5.57 Å². The number of hydrogen-bond donors (Lipinski definition) is 1. The van der Waals surface area contributed by atoms with Gasteiger partial charge in [0.2, 0.25) is 5.91 Å². The van der Waals surface area contributed by atoms with Gasteiger partial charge in [0.25, 0.3) is 0 Å². The predicted octanol–water partition coefficient (Wildman–Crippen LogP) is 1.33. The molecule has 1 rings (SSSR count). The molecule has 0 aromatic heterocycles. The zero-order valence-electron chi connectivity index (χ0n) is 9.21. The summed E-state index contributed by atoms with van der Waals surface area (Å²) in [5.41, 5.74) is 0.439. The Balaban J connectivity index is 2.50. The molecular weight excluding hydrogens is 178 g/mol. The van der Waals surface area contributed by atoms with E-state index in [2.05, 4.69) is 0 Å². The first-order chi connectivity index (χ1) is 6.41. The van der Waals surface area contributed by atoms with E-state index in [1.54, 1.807) is 11.0 Å². The van der Waals surface area contributed by atoms with Crippen molar-refractivity contribution in [3.05, 3.63) is 11.6 Å². The standard InChI is InChI=1S/C11H19NO2/c1-9(2)8-10(13)12-6-4-11(3,14)5-7-12/h8,14H,4-7H2,1-3H3. The maximum absolute atomic E-state index is 11.6. The zero-order valence-corrected chi connectivity index (χ0v) is 9.21. The molecule has 1 heterocycles. The van der Waals surface area contributed by atoms with Crippen molar-refractivity contribution < 1.29 is 9.90 Å². The number of allylic oxidation sites excluding steroid dienone is 1. The van der Waals surface area contributed by atoms with E-state index in [1.165, 1.54) is 0 Å². The van der Waals surface area contributed by atoms with Crippen LogP contribution >= 0.6 is 0 Å². The molecule has 0 spiro atoms. The van der Waals surface area contributed by atoms with Crippen LogP contribution in [0, 0.1) is 0 Å². The van der Waals surface area contributed by atoms with E-state index in [0.29, 0.717) is 25.9 Å². The van der Waals surface area contributed by atoms with Crippen LogP contribution in [0.4, 0.5) is 0 Å². The lowest BCUT2D eigenvalue weighted by Gasteiger charge is -2.35. The van der Waals surface area contributed by atoms with E-state index >= 15 is 0 Å². The van der Waals surface area contributed by atoms with Gasteiger partial charge in [-0.3, -0.25) is 4.79 Å². The normalized spacial score (nSPS) is 20.4. The fraction of sp³-hybridized carbons (Fsp3) is 0.727. The fourth-order valence-corrected chi connectivity index (χ4v) is 1.55. The van der Waals surface area contributed by atoms with Crippen molar-refractivity contribution in [2.24, 2.45) is 0 Å². The molecule has 1 aliphatic heterocycles. The number of carbonyl (C=O) groups excluding carboxylic acids is 1. The largest absolute Gasteiger partial charge is 0.390 e. The average molecular weight is 197 g/mol. The molecule has 0 saturated carbocycles. The van der Waals surface area contributed by atoms with Crippen molar-refractivity contribution in [3.63, 3.8) is 0 Å². The number of hydrogen-bond acceptors (Lipinski definition) is 2. The molecule has 0 atom stereocenters. The van der Waals surface area contributed by atoms with Crippen LogP contribution in [0.25, 0.3) is 0 Å². The highest BCUT2D eigenvalue weighted by Gasteiger charge is 2.28. The molecule has 0 bridgehead atoms. The van der Waals surface area contributed by atoms with E-state index in [1.807, 2.05) is 20.8 Å². The zero-order chi connectivity index (χ0) is 10.8. The maximum atomic E-state index is 11.6. The topological polar surface area (TPSA) is 40.5 Å². The summed E-state index contributed by atoms with van der Waals surface area (Å²) in [7, 11) is 0. The van der Waals surface area contributed by atoms with Crippen LogP contribution in [0.15, 0.2) is 11.6 Å². The van der Waals surface area contributed by atoms with Crippen molar-refractivity contribution in [1.82, 2.24) is 4.90 Å². The summed E-state index contributed by atoms with van der Waals surface area (Å²) >= 11 is 0. The fourth-order valence-electron chi connectivity index (χ4n) is 1.55. The highest BCUT2D eigenvalue weighted by Crippen LogP contribution is 2.21. The number of carbonyl (C=O) groups is 1. The van der Waals surface area contributed by atoms with Crippen molar-refractivity contribution >= 4 is 5.91 Å². The molecule has 1 amide bonds. The molecule has 0 aliphatic carbocycles. The Bertz CT molecular complexity index is 242. The van der Waals surface area contributed by atoms with Gasteiger partial charge < -0.3 is 10.0 Å². The molecule has 0 unspecified atom stereocenters. The van der Waals surface area contributed by atoms with E-state index in [9.17, 15) is 9.90 Å². The van der Waals surface area contributed by atoms with Gasteiger partial charge in [-0.1, -0.05) is 5.57 Å². The monoisotopic (exact) mass is 197 g/mol. The molecule has 1 aliphatic rings. The molecule has 3 heteroatoms. The Kier molecular flexibility index (Phi) is 3.32. The summed E-state index contributed by atoms with van der Waals surface area (Å²) in [5, 5.41) is 9.70. The summed E-state index contributed by atoms with van der Waals surface area (Å²) in [5.74, 6) is 0.0699. The van der Waals surface area contributed by atoms with Gasteiger partial charge in [-0.05, 0) is 33.6 Å². The quantitative estimate of drug-likeness (QED) is 0.644. The number of aliphatic hydroxyl groups is 1. The van der Waals surface area contributed by atoms with Crippen LogP contribution < -0.4 is 0 Å². The van der Waals surface area contributed by atoms with Crippen LogP contribution in [-0.4, -0.2) is 34.6 Å². The summed E-state index contributed by atoms with van der Waals surface area (Å²) < 4.78 is 0. The minimum absolute atomic E-state index is 0.0699. The third-order valence-corrected chi connectivity index (χ3v) is 2.56.